The number of hydrogen-bond acceptors (Lipinski definition) is 3. The first-order valence-electron chi connectivity index (χ1n) is 4.08. The molecule has 0 aromatic heterocycles. The quantitative estimate of drug-likeness (QED) is 0.531. The van der Waals surface area contributed by atoms with Crippen molar-refractivity contribution in [1.29, 1.82) is 5.26 Å². The maximum atomic E-state index is 9.01. The van der Waals surface area contributed by atoms with Crippen molar-refractivity contribution in [3.8, 4) is 6.19 Å². The second-order valence-electron chi connectivity index (χ2n) is 2.49. The predicted molar refractivity (Wildman–Crippen MR) is 43.8 cm³/mol. The second-order valence-corrected chi connectivity index (χ2v) is 2.49. The van der Waals surface area contributed by atoms with Crippen molar-refractivity contribution in [3.63, 3.8) is 0 Å². The van der Waals surface area contributed by atoms with Crippen LogP contribution in [0.5, 0.6) is 0 Å². The Labute approximate surface area is 68.2 Å². The van der Waals surface area contributed by atoms with Crippen LogP contribution in [-0.4, -0.2) is 28.7 Å². The molecule has 0 spiro atoms. The lowest BCUT2D eigenvalue weighted by Crippen LogP contribution is -2.21. The van der Waals surface area contributed by atoms with E-state index in [0.717, 1.165) is 6.42 Å². The average Bonchev–Trinajstić information content (AvgIpc) is 2.33. The molecule has 1 heterocycles. The molecule has 0 radical (unpaired) electrons. The number of β-amino-alcohol motifs (C(OH)–C–C–N with tert-alkyl or cyclic N) is 1. The number of likely N-dealkylation sites (tertiary alicyclic amines) is 1. The Morgan fingerprint density at radius 2 is 2.09 bits per heavy atom. The molecule has 2 unspecified atom stereocenters. The van der Waals surface area contributed by atoms with Crippen molar-refractivity contribution in [2.45, 2.75) is 39.3 Å². The van der Waals surface area contributed by atoms with Crippen LogP contribution in [0.25, 0.3) is 0 Å². The Balaban J connectivity index is 0.000000461. The minimum absolute atomic E-state index is 0.227. The van der Waals surface area contributed by atoms with Crippen LogP contribution in [0.15, 0.2) is 0 Å². The standard InChI is InChI=1S/C6H10N2O.C2H6/c1-5-2-6(9)3-8(5)4-7;1-2/h5-6,9H,2-3H2,1H3;1-2H3. The number of hydrogen-bond donors (Lipinski definition) is 1. The van der Waals surface area contributed by atoms with Crippen LogP contribution in [0.1, 0.15) is 27.2 Å². The maximum absolute atomic E-state index is 9.01. The molecule has 3 nitrogen and oxygen atoms in total. The molecule has 0 aromatic rings. The minimum atomic E-state index is -0.292. The number of rotatable bonds is 0. The third-order valence-corrected chi connectivity index (χ3v) is 1.68. The van der Waals surface area contributed by atoms with Crippen molar-refractivity contribution in [2.75, 3.05) is 6.54 Å². The van der Waals surface area contributed by atoms with Crippen molar-refractivity contribution in [1.82, 2.24) is 4.90 Å². The number of nitrogens with zero attached hydrogens (tertiary/aromatic N) is 2. The molecule has 0 saturated carbocycles. The zero-order valence-electron chi connectivity index (χ0n) is 7.41. The SMILES string of the molecule is CC.CC1CC(O)CN1C#N. The number of aliphatic hydroxyl groups is 1. The van der Waals surface area contributed by atoms with Gasteiger partial charge in [0.25, 0.3) is 0 Å². The lowest BCUT2D eigenvalue weighted by atomic mass is 10.2. The van der Waals surface area contributed by atoms with Gasteiger partial charge in [0.05, 0.1) is 12.6 Å². The lowest BCUT2D eigenvalue weighted by molar-refractivity contribution is 0.186. The molecule has 64 valence electrons. The van der Waals surface area contributed by atoms with E-state index in [4.69, 9.17) is 10.4 Å². The van der Waals surface area contributed by atoms with E-state index in [0.29, 0.717) is 6.54 Å². The van der Waals surface area contributed by atoms with Crippen LogP contribution in [-0.2, 0) is 0 Å². The van der Waals surface area contributed by atoms with Gasteiger partial charge in [-0.1, -0.05) is 13.8 Å². The third-order valence-electron chi connectivity index (χ3n) is 1.68. The van der Waals surface area contributed by atoms with Gasteiger partial charge in [-0.05, 0) is 13.3 Å². The molecule has 1 rings (SSSR count). The van der Waals surface area contributed by atoms with E-state index in [-0.39, 0.29) is 12.1 Å². The largest absolute Gasteiger partial charge is 0.391 e. The molecular weight excluding hydrogens is 140 g/mol. The fourth-order valence-corrected chi connectivity index (χ4v) is 1.14. The van der Waals surface area contributed by atoms with Crippen LogP contribution >= 0.6 is 0 Å². The van der Waals surface area contributed by atoms with Crippen LogP contribution in [0.3, 0.4) is 0 Å². The summed E-state index contributed by atoms with van der Waals surface area (Å²) in [5, 5.41) is 17.4. The Hall–Kier alpha value is -0.750. The second kappa shape index (κ2) is 4.97. The van der Waals surface area contributed by atoms with E-state index in [1.165, 1.54) is 0 Å². The first kappa shape index (κ1) is 10.2. The zero-order valence-corrected chi connectivity index (χ0v) is 7.41. The summed E-state index contributed by atoms with van der Waals surface area (Å²) < 4.78 is 0. The molecule has 1 aliphatic rings. The Kier molecular flexibility index (Phi) is 4.64. The molecule has 2 atom stereocenters. The third kappa shape index (κ3) is 2.77. The molecular formula is C8H16N2O. The molecule has 1 N–H and O–H groups in total. The van der Waals surface area contributed by atoms with Crippen LogP contribution in [0.4, 0.5) is 0 Å². The number of aliphatic hydroxyl groups excluding tert-OH is 1. The van der Waals surface area contributed by atoms with E-state index in [1.807, 2.05) is 27.0 Å². The van der Waals surface area contributed by atoms with Gasteiger partial charge in [0.1, 0.15) is 0 Å². The van der Waals surface area contributed by atoms with Gasteiger partial charge in [-0.3, -0.25) is 0 Å². The monoisotopic (exact) mass is 156 g/mol. The van der Waals surface area contributed by atoms with Gasteiger partial charge in [0, 0.05) is 6.04 Å². The molecule has 0 aromatic carbocycles. The lowest BCUT2D eigenvalue weighted by Gasteiger charge is -2.10. The summed E-state index contributed by atoms with van der Waals surface area (Å²) in [7, 11) is 0. The minimum Gasteiger partial charge on any atom is -0.391 e. The van der Waals surface area contributed by atoms with E-state index >= 15 is 0 Å². The summed E-state index contributed by atoms with van der Waals surface area (Å²) in [4.78, 5) is 1.60. The summed E-state index contributed by atoms with van der Waals surface area (Å²) in [6.07, 6.45) is 2.46. The van der Waals surface area contributed by atoms with E-state index in [9.17, 15) is 0 Å². The van der Waals surface area contributed by atoms with Crippen LogP contribution in [0, 0.1) is 11.5 Å². The predicted octanol–water partition coefficient (Wildman–Crippen LogP) is 0.949. The summed E-state index contributed by atoms with van der Waals surface area (Å²) >= 11 is 0. The van der Waals surface area contributed by atoms with Crippen molar-refractivity contribution in [3.05, 3.63) is 0 Å². The van der Waals surface area contributed by atoms with E-state index < -0.39 is 0 Å². The first-order chi connectivity index (χ1) is 5.24. The number of nitriles is 1. The van der Waals surface area contributed by atoms with Gasteiger partial charge in [-0.15, -0.1) is 0 Å². The molecule has 0 aliphatic carbocycles. The Morgan fingerprint density at radius 1 is 1.55 bits per heavy atom. The maximum Gasteiger partial charge on any atom is 0.179 e. The topological polar surface area (TPSA) is 47.3 Å². The highest BCUT2D eigenvalue weighted by Crippen LogP contribution is 2.14. The highest BCUT2D eigenvalue weighted by molar-refractivity contribution is 4.89. The molecule has 3 heteroatoms. The Bertz CT molecular complexity index is 142. The van der Waals surface area contributed by atoms with Gasteiger partial charge >= 0.3 is 0 Å². The molecule has 1 fully saturated rings. The summed E-state index contributed by atoms with van der Waals surface area (Å²) in [5.74, 6) is 0. The molecule has 11 heavy (non-hydrogen) atoms. The highest BCUT2D eigenvalue weighted by atomic mass is 16.3. The van der Waals surface area contributed by atoms with Crippen molar-refractivity contribution < 1.29 is 5.11 Å². The van der Waals surface area contributed by atoms with Gasteiger partial charge in [-0.2, -0.15) is 5.26 Å². The smallest absolute Gasteiger partial charge is 0.179 e. The van der Waals surface area contributed by atoms with Crippen LogP contribution < -0.4 is 0 Å². The highest BCUT2D eigenvalue weighted by Gasteiger charge is 2.25. The van der Waals surface area contributed by atoms with Gasteiger partial charge in [-0.25, -0.2) is 0 Å². The normalized spacial score (nSPS) is 28.8. The fourth-order valence-electron chi connectivity index (χ4n) is 1.14. The average molecular weight is 156 g/mol. The zero-order chi connectivity index (χ0) is 8.85. The summed E-state index contributed by atoms with van der Waals surface area (Å²) in [6, 6.07) is 0.227. The molecule has 1 saturated heterocycles. The fraction of sp³-hybridized carbons (Fsp3) is 0.875. The Morgan fingerprint density at radius 3 is 2.27 bits per heavy atom. The van der Waals surface area contributed by atoms with Gasteiger partial charge in [0.15, 0.2) is 6.19 Å². The van der Waals surface area contributed by atoms with Crippen molar-refractivity contribution >= 4 is 0 Å². The van der Waals surface area contributed by atoms with E-state index in [2.05, 4.69) is 0 Å². The molecule has 0 amide bonds. The molecule has 1 aliphatic heterocycles. The van der Waals surface area contributed by atoms with Gasteiger partial charge in [0.2, 0.25) is 0 Å². The summed E-state index contributed by atoms with van der Waals surface area (Å²) in [6.45, 7) is 6.46. The molecule has 0 bridgehead atoms. The van der Waals surface area contributed by atoms with Crippen LogP contribution in [0.2, 0.25) is 0 Å². The summed E-state index contributed by atoms with van der Waals surface area (Å²) in [5.41, 5.74) is 0. The first-order valence-corrected chi connectivity index (χ1v) is 4.08. The van der Waals surface area contributed by atoms with Crippen molar-refractivity contribution in [2.24, 2.45) is 0 Å². The van der Waals surface area contributed by atoms with Gasteiger partial charge < -0.3 is 10.0 Å². The van der Waals surface area contributed by atoms with E-state index in [1.54, 1.807) is 4.90 Å².